The van der Waals surface area contributed by atoms with E-state index >= 15 is 0 Å². The molecule has 5 nitrogen and oxygen atoms in total. The molecule has 0 atom stereocenters. The van der Waals surface area contributed by atoms with Crippen LogP contribution in [-0.4, -0.2) is 14.5 Å². The number of rotatable bonds is 1. The molecular weight excluding hydrogens is 213 g/mol. The molecule has 2 aromatic heterocycles. The summed E-state index contributed by atoms with van der Waals surface area (Å²) in [4.78, 5) is 28.8. The topological polar surface area (TPSA) is 67.8 Å². The van der Waals surface area contributed by atoms with Gasteiger partial charge in [-0.1, -0.05) is 0 Å². The summed E-state index contributed by atoms with van der Waals surface area (Å²) in [5.41, 5.74) is -0.398. The fourth-order valence-electron chi connectivity index (χ4n) is 1.27. The average molecular weight is 221 g/mol. The maximum absolute atomic E-state index is 12.9. The number of hydrogen-bond acceptors (Lipinski definition) is 3. The summed E-state index contributed by atoms with van der Waals surface area (Å²) in [7, 11) is 1.36. The Bertz CT molecular complexity index is 614. The van der Waals surface area contributed by atoms with Crippen molar-refractivity contribution in [3.8, 4) is 11.3 Å². The maximum atomic E-state index is 12.9. The Labute approximate surface area is 89.2 Å². The van der Waals surface area contributed by atoms with E-state index in [0.29, 0.717) is 5.56 Å². The Morgan fingerprint density at radius 3 is 2.69 bits per heavy atom. The highest BCUT2D eigenvalue weighted by Gasteiger charge is 2.04. The molecule has 2 heterocycles. The third kappa shape index (κ3) is 1.77. The molecular formula is C10H8FN3O2. The van der Waals surface area contributed by atoms with Crippen molar-refractivity contribution < 1.29 is 4.39 Å². The van der Waals surface area contributed by atoms with Crippen molar-refractivity contribution in [2.24, 2.45) is 7.05 Å². The zero-order valence-electron chi connectivity index (χ0n) is 8.40. The van der Waals surface area contributed by atoms with Gasteiger partial charge >= 0.3 is 5.69 Å². The van der Waals surface area contributed by atoms with E-state index in [9.17, 15) is 14.0 Å². The Kier molecular flexibility index (Phi) is 2.40. The van der Waals surface area contributed by atoms with Crippen LogP contribution in [0.25, 0.3) is 11.3 Å². The van der Waals surface area contributed by atoms with Gasteiger partial charge in [-0.05, 0) is 6.07 Å². The Morgan fingerprint density at radius 2 is 2.06 bits per heavy atom. The van der Waals surface area contributed by atoms with Crippen LogP contribution in [0.3, 0.4) is 0 Å². The van der Waals surface area contributed by atoms with Crippen LogP contribution in [-0.2, 0) is 7.05 Å². The monoisotopic (exact) mass is 221 g/mol. The lowest BCUT2D eigenvalue weighted by Gasteiger charge is -2.01. The molecule has 0 bridgehead atoms. The quantitative estimate of drug-likeness (QED) is 0.751. The van der Waals surface area contributed by atoms with E-state index < -0.39 is 17.1 Å². The van der Waals surface area contributed by atoms with Crippen LogP contribution in [0.2, 0.25) is 0 Å². The van der Waals surface area contributed by atoms with Gasteiger partial charge < -0.3 is 4.98 Å². The third-order valence-corrected chi connectivity index (χ3v) is 2.16. The second kappa shape index (κ2) is 3.73. The van der Waals surface area contributed by atoms with Crippen LogP contribution in [0.1, 0.15) is 0 Å². The van der Waals surface area contributed by atoms with Crippen molar-refractivity contribution in [3.63, 3.8) is 0 Å². The van der Waals surface area contributed by atoms with Gasteiger partial charge in [-0.3, -0.25) is 14.3 Å². The van der Waals surface area contributed by atoms with Crippen LogP contribution in [0.5, 0.6) is 0 Å². The number of pyridine rings is 1. The summed E-state index contributed by atoms with van der Waals surface area (Å²) < 4.78 is 13.8. The summed E-state index contributed by atoms with van der Waals surface area (Å²) in [5, 5.41) is 0. The first-order valence-electron chi connectivity index (χ1n) is 4.49. The van der Waals surface area contributed by atoms with Gasteiger partial charge in [0.1, 0.15) is 5.82 Å². The minimum atomic E-state index is -0.549. The predicted octanol–water partition coefficient (Wildman–Crippen LogP) is 0.275. The van der Waals surface area contributed by atoms with Crippen LogP contribution in [0, 0.1) is 5.82 Å². The number of hydrogen-bond donors (Lipinski definition) is 1. The first kappa shape index (κ1) is 10.3. The predicted molar refractivity (Wildman–Crippen MR) is 55.5 cm³/mol. The van der Waals surface area contributed by atoms with E-state index in [1.54, 1.807) is 0 Å². The van der Waals surface area contributed by atoms with Gasteiger partial charge in [0.15, 0.2) is 0 Å². The summed E-state index contributed by atoms with van der Waals surface area (Å²) in [6, 6.07) is 2.41. The minimum absolute atomic E-state index is 0.250. The van der Waals surface area contributed by atoms with E-state index in [4.69, 9.17) is 0 Å². The highest BCUT2D eigenvalue weighted by molar-refractivity contribution is 5.56. The Hall–Kier alpha value is -2.24. The van der Waals surface area contributed by atoms with E-state index in [2.05, 4.69) is 9.97 Å². The smallest absolute Gasteiger partial charge is 0.307 e. The lowest BCUT2D eigenvalue weighted by atomic mass is 10.2. The minimum Gasteiger partial charge on any atom is -0.307 e. The van der Waals surface area contributed by atoms with E-state index in [-0.39, 0.29) is 5.69 Å². The lowest BCUT2D eigenvalue weighted by molar-refractivity contribution is 0.622. The van der Waals surface area contributed by atoms with Crippen molar-refractivity contribution in [1.29, 1.82) is 0 Å². The van der Waals surface area contributed by atoms with Gasteiger partial charge in [0, 0.05) is 24.9 Å². The first-order valence-corrected chi connectivity index (χ1v) is 4.49. The average Bonchev–Trinajstić information content (AvgIpc) is 2.25. The fourth-order valence-corrected chi connectivity index (χ4v) is 1.27. The Balaban J connectivity index is 2.66. The second-order valence-corrected chi connectivity index (χ2v) is 3.28. The molecule has 0 aliphatic heterocycles. The van der Waals surface area contributed by atoms with Gasteiger partial charge in [-0.2, -0.15) is 0 Å². The zero-order chi connectivity index (χ0) is 11.7. The molecule has 2 aromatic rings. The molecule has 6 heteroatoms. The van der Waals surface area contributed by atoms with Gasteiger partial charge in [0.25, 0.3) is 5.56 Å². The largest absolute Gasteiger partial charge is 0.328 e. The molecule has 2 rings (SSSR count). The number of halogens is 1. The molecule has 0 unspecified atom stereocenters. The normalized spacial score (nSPS) is 10.4. The SMILES string of the molecule is Cn1c(=O)cc(-c2cncc(F)c2)[nH]c1=O. The maximum Gasteiger partial charge on any atom is 0.328 e. The van der Waals surface area contributed by atoms with Crippen LogP contribution < -0.4 is 11.2 Å². The molecule has 16 heavy (non-hydrogen) atoms. The highest BCUT2D eigenvalue weighted by Crippen LogP contribution is 2.13. The standard InChI is InChI=1S/C10H8FN3O2/c1-14-9(15)3-8(13-10(14)16)6-2-7(11)5-12-4-6/h2-5H,1H3,(H,13,16). The van der Waals surface area contributed by atoms with Crippen molar-refractivity contribution in [1.82, 2.24) is 14.5 Å². The number of nitrogens with one attached hydrogen (secondary N) is 1. The Morgan fingerprint density at radius 1 is 1.31 bits per heavy atom. The molecule has 0 spiro atoms. The molecule has 0 radical (unpaired) electrons. The van der Waals surface area contributed by atoms with Crippen molar-refractivity contribution in [2.45, 2.75) is 0 Å². The molecule has 82 valence electrons. The van der Waals surface area contributed by atoms with Gasteiger partial charge in [0.05, 0.1) is 11.9 Å². The van der Waals surface area contributed by atoms with Gasteiger partial charge in [-0.25, -0.2) is 9.18 Å². The van der Waals surface area contributed by atoms with Crippen LogP contribution in [0.4, 0.5) is 4.39 Å². The van der Waals surface area contributed by atoms with Crippen molar-refractivity contribution >= 4 is 0 Å². The van der Waals surface area contributed by atoms with E-state index in [0.717, 1.165) is 10.8 Å². The van der Waals surface area contributed by atoms with Crippen molar-refractivity contribution in [2.75, 3.05) is 0 Å². The number of H-pyrrole nitrogens is 1. The van der Waals surface area contributed by atoms with Gasteiger partial charge in [-0.15, -0.1) is 0 Å². The first-order chi connectivity index (χ1) is 7.58. The summed E-state index contributed by atoms with van der Waals surface area (Å²) in [5.74, 6) is -0.529. The number of aromatic amines is 1. The second-order valence-electron chi connectivity index (χ2n) is 3.28. The number of nitrogens with zero attached hydrogens (tertiary/aromatic N) is 2. The molecule has 0 aromatic carbocycles. The van der Waals surface area contributed by atoms with Crippen LogP contribution >= 0.6 is 0 Å². The molecule has 0 aliphatic carbocycles. The summed E-state index contributed by atoms with van der Waals surface area (Å²) in [6.07, 6.45) is 2.41. The van der Waals surface area contributed by atoms with E-state index in [1.165, 1.54) is 25.4 Å². The number of aromatic nitrogens is 3. The van der Waals surface area contributed by atoms with Gasteiger partial charge in [0.2, 0.25) is 0 Å². The molecule has 0 saturated carbocycles. The molecule has 0 aliphatic rings. The molecule has 0 saturated heterocycles. The lowest BCUT2D eigenvalue weighted by Crippen LogP contribution is -2.32. The molecule has 1 N–H and O–H groups in total. The van der Waals surface area contributed by atoms with E-state index in [1.807, 2.05) is 0 Å². The van der Waals surface area contributed by atoms with Crippen LogP contribution in [0.15, 0.2) is 34.1 Å². The van der Waals surface area contributed by atoms with Crippen molar-refractivity contribution in [3.05, 3.63) is 51.2 Å². The summed E-state index contributed by atoms with van der Waals surface area (Å²) >= 11 is 0. The molecule has 0 amide bonds. The zero-order valence-corrected chi connectivity index (χ0v) is 8.40. The highest BCUT2D eigenvalue weighted by atomic mass is 19.1. The third-order valence-electron chi connectivity index (χ3n) is 2.16. The molecule has 0 fully saturated rings. The summed E-state index contributed by atoms with van der Waals surface area (Å²) in [6.45, 7) is 0. The fraction of sp³-hybridized carbons (Fsp3) is 0.100.